The number of alkyl halides is 1. The van der Waals surface area contributed by atoms with Crippen LogP contribution in [0.5, 0.6) is 11.5 Å². The number of benzene rings is 2. The first kappa shape index (κ1) is 29.5. The van der Waals surface area contributed by atoms with Crippen LogP contribution in [0.1, 0.15) is 45.7 Å². The Labute approximate surface area is 222 Å². The minimum atomic E-state index is -0.702. The van der Waals surface area contributed by atoms with E-state index in [4.69, 9.17) is 53.8 Å². The molecule has 0 bridgehead atoms. The molecular weight excluding hydrogens is 515 g/mol. The average Bonchev–Trinajstić information content (AvgIpc) is 2.79. The van der Waals surface area contributed by atoms with Gasteiger partial charge in [-0.3, -0.25) is 4.79 Å². The Morgan fingerprint density at radius 3 is 2.09 bits per heavy atom. The third kappa shape index (κ3) is 9.03. The smallest absolute Gasteiger partial charge is 0.303 e. The van der Waals surface area contributed by atoms with Crippen LogP contribution in [0.3, 0.4) is 0 Å². The number of aliphatic hydroxyl groups is 1. The summed E-state index contributed by atoms with van der Waals surface area (Å²) in [6.45, 7) is 9.65. The van der Waals surface area contributed by atoms with E-state index in [-0.39, 0.29) is 31.8 Å². The van der Waals surface area contributed by atoms with Crippen LogP contribution in [-0.2, 0) is 19.7 Å². The summed E-state index contributed by atoms with van der Waals surface area (Å²) in [4.78, 5) is 11.2. The molecule has 0 heterocycles. The minimum absolute atomic E-state index is 0.0328. The van der Waals surface area contributed by atoms with Gasteiger partial charge in [-0.05, 0) is 49.2 Å². The van der Waals surface area contributed by atoms with Crippen molar-refractivity contribution >= 4 is 40.8 Å². The van der Waals surface area contributed by atoms with Crippen molar-refractivity contribution in [3.05, 3.63) is 57.6 Å². The monoisotopic (exact) mass is 546 g/mol. The molecule has 6 nitrogen and oxygen atoms in total. The summed E-state index contributed by atoms with van der Waals surface area (Å²) in [6, 6.07) is 11.2. The Kier molecular flexibility index (Phi) is 11.4. The topological polar surface area (TPSA) is 74.2 Å². The van der Waals surface area contributed by atoms with Gasteiger partial charge in [0.25, 0.3) is 0 Å². The number of esters is 1. The third-order valence-corrected chi connectivity index (χ3v) is 6.18. The molecule has 2 rings (SSSR count). The zero-order valence-corrected chi connectivity index (χ0v) is 22.9. The van der Waals surface area contributed by atoms with E-state index >= 15 is 0 Å². The average molecular weight is 548 g/mol. The van der Waals surface area contributed by atoms with Crippen molar-refractivity contribution in [2.24, 2.45) is 0 Å². The molecule has 0 fully saturated rings. The zero-order chi connectivity index (χ0) is 26.2. The predicted octanol–water partition coefficient (Wildman–Crippen LogP) is 6.03. The van der Waals surface area contributed by atoms with Crippen molar-refractivity contribution in [2.75, 3.05) is 25.7 Å². The number of hydrogen-bond donors (Lipinski definition) is 1. The molecule has 2 aromatic carbocycles. The van der Waals surface area contributed by atoms with Gasteiger partial charge >= 0.3 is 5.97 Å². The van der Waals surface area contributed by atoms with Crippen LogP contribution >= 0.6 is 34.8 Å². The maximum absolute atomic E-state index is 11.2. The van der Waals surface area contributed by atoms with E-state index in [1.54, 1.807) is 12.1 Å². The van der Waals surface area contributed by atoms with Crippen LogP contribution in [0.2, 0.25) is 10.0 Å². The Hall–Kier alpha value is -1.70. The largest absolute Gasteiger partial charge is 0.491 e. The first-order chi connectivity index (χ1) is 16.4. The van der Waals surface area contributed by atoms with Crippen molar-refractivity contribution in [3.63, 3.8) is 0 Å². The zero-order valence-electron chi connectivity index (χ0n) is 20.6. The molecule has 0 amide bonds. The van der Waals surface area contributed by atoms with Gasteiger partial charge in [0.2, 0.25) is 0 Å². The molecule has 0 saturated heterocycles. The van der Waals surface area contributed by atoms with Gasteiger partial charge in [0.1, 0.15) is 31.2 Å². The summed E-state index contributed by atoms with van der Waals surface area (Å²) >= 11 is 18.8. The molecule has 9 heteroatoms. The lowest BCUT2D eigenvalue weighted by molar-refractivity contribution is -0.146. The SMILES string of the molecule is CC(=O)O[C@H](CCl)COc1c(Cl)cc(C(C)(C)c2ccc(OC[C@H](O)COC(C)C)cc2)cc1Cl. The third-order valence-electron chi connectivity index (χ3n) is 5.28. The summed E-state index contributed by atoms with van der Waals surface area (Å²) in [7, 11) is 0. The number of carbonyl (C=O) groups is 1. The quantitative estimate of drug-likeness (QED) is 0.244. The van der Waals surface area contributed by atoms with Crippen LogP contribution in [0.4, 0.5) is 0 Å². The van der Waals surface area contributed by atoms with Crippen LogP contribution in [0.25, 0.3) is 0 Å². The van der Waals surface area contributed by atoms with Crippen molar-refractivity contribution < 1.29 is 28.8 Å². The van der Waals surface area contributed by atoms with E-state index in [0.717, 1.165) is 11.1 Å². The Balaban J connectivity index is 2.09. The molecule has 35 heavy (non-hydrogen) atoms. The lowest BCUT2D eigenvalue weighted by Crippen LogP contribution is -2.26. The summed E-state index contributed by atoms with van der Waals surface area (Å²) in [5, 5.41) is 10.7. The summed E-state index contributed by atoms with van der Waals surface area (Å²) < 4.78 is 21.9. The number of carbonyl (C=O) groups excluding carboxylic acids is 1. The van der Waals surface area contributed by atoms with Gasteiger partial charge < -0.3 is 24.1 Å². The summed E-state index contributed by atoms with van der Waals surface area (Å²) in [5.41, 5.74) is 1.49. The molecule has 0 radical (unpaired) electrons. The van der Waals surface area contributed by atoms with Gasteiger partial charge in [0.15, 0.2) is 5.75 Å². The first-order valence-corrected chi connectivity index (χ1v) is 12.6. The van der Waals surface area contributed by atoms with E-state index < -0.39 is 23.6 Å². The highest BCUT2D eigenvalue weighted by molar-refractivity contribution is 6.37. The molecule has 0 aliphatic carbocycles. The van der Waals surface area contributed by atoms with Gasteiger partial charge in [-0.25, -0.2) is 0 Å². The second-order valence-corrected chi connectivity index (χ2v) is 10.1. The first-order valence-electron chi connectivity index (χ1n) is 11.3. The maximum Gasteiger partial charge on any atom is 0.303 e. The second kappa shape index (κ2) is 13.6. The minimum Gasteiger partial charge on any atom is -0.491 e. The summed E-state index contributed by atoms with van der Waals surface area (Å²) in [5.74, 6) is 0.597. The normalized spacial score (nSPS) is 13.4. The van der Waals surface area contributed by atoms with E-state index in [0.29, 0.717) is 21.5 Å². The van der Waals surface area contributed by atoms with Gasteiger partial charge in [-0.15, -0.1) is 11.6 Å². The molecule has 0 saturated carbocycles. The molecule has 0 aliphatic heterocycles. The van der Waals surface area contributed by atoms with Gasteiger partial charge in [-0.2, -0.15) is 0 Å². The number of halogens is 3. The molecule has 1 N–H and O–H groups in total. The number of ether oxygens (including phenoxy) is 4. The number of rotatable bonds is 13. The van der Waals surface area contributed by atoms with Gasteiger partial charge in [0.05, 0.1) is 28.6 Å². The standard InChI is InChI=1S/C26H33Cl3O6/c1-16(2)32-13-20(31)14-33-21-8-6-18(7-9-21)26(4,5)19-10-23(28)25(24(29)11-19)34-15-22(12-27)35-17(3)30/h6-11,16,20,22,31H,12-15H2,1-5H3/t20-,22-/m1/s1. The Bertz CT molecular complexity index is 939. The lowest BCUT2D eigenvalue weighted by atomic mass is 9.78. The van der Waals surface area contributed by atoms with E-state index in [1.807, 2.05) is 38.1 Å². The maximum atomic E-state index is 11.2. The van der Waals surface area contributed by atoms with Crippen molar-refractivity contribution in [1.29, 1.82) is 0 Å². The van der Waals surface area contributed by atoms with Gasteiger partial charge in [-0.1, -0.05) is 49.2 Å². The Morgan fingerprint density at radius 1 is 0.971 bits per heavy atom. The molecule has 0 unspecified atom stereocenters. The molecular formula is C26H33Cl3O6. The highest BCUT2D eigenvalue weighted by Crippen LogP contribution is 2.40. The van der Waals surface area contributed by atoms with Crippen LogP contribution in [0.15, 0.2) is 36.4 Å². The van der Waals surface area contributed by atoms with Crippen molar-refractivity contribution in [1.82, 2.24) is 0 Å². The number of aliphatic hydroxyl groups excluding tert-OH is 1. The van der Waals surface area contributed by atoms with Gasteiger partial charge in [0, 0.05) is 12.3 Å². The molecule has 2 aromatic rings. The van der Waals surface area contributed by atoms with E-state index in [2.05, 4.69) is 13.8 Å². The van der Waals surface area contributed by atoms with Crippen LogP contribution in [-0.4, -0.2) is 55.1 Å². The molecule has 0 spiro atoms. The Morgan fingerprint density at radius 2 is 1.57 bits per heavy atom. The van der Waals surface area contributed by atoms with E-state index in [1.165, 1.54) is 6.92 Å². The number of hydrogen-bond acceptors (Lipinski definition) is 6. The van der Waals surface area contributed by atoms with Crippen LogP contribution in [0, 0.1) is 0 Å². The second-order valence-electron chi connectivity index (χ2n) is 8.96. The molecule has 0 aliphatic rings. The predicted molar refractivity (Wildman–Crippen MR) is 139 cm³/mol. The van der Waals surface area contributed by atoms with E-state index in [9.17, 15) is 9.90 Å². The van der Waals surface area contributed by atoms with Crippen molar-refractivity contribution in [3.8, 4) is 11.5 Å². The highest BCUT2D eigenvalue weighted by atomic mass is 35.5. The fourth-order valence-corrected chi connectivity index (χ4v) is 4.01. The fraction of sp³-hybridized carbons (Fsp3) is 0.500. The molecule has 2 atom stereocenters. The molecule has 0 aromatic heterocycles. The lowest BCUT2D eigenvalue weighted by Gasteiger charge is -2.27. The highest BCUT2D eigenvalue weighted by Gasteiger charge is 2.26. The van der Waals surface area contributed by atoms with Crippen molar-refractivity contribution in [2.45, 2.75) is 58.3 Å². The fourth-order valence-electron chi connectivity index (χ4n) is 3.26. The molecule has 194 valence electrons. The summed E-state index contributed by atoms with van der Waals surface area (Å²) in [6.07, 6.45) is -1.26. The van der Waals surface area contributed by atoms with Crippen LogP contribution < -0.4 is 9.47 Å².